The molecule has 0 aliphatic heterocycles. The van der Waals surface area contributed by atoms with Crippen LogP contribution in [0.4, 0.5) is 0 Å². The number of aliphatic carboxylic acids is 1. The Balaban J connectivity index is 2.90. The Morgan fingerprint density at radius 1 is 1.35 bits per heavy atom. The van der Waals surface area contributed by atoms with Gasteiger partial charge in [0.15, 0.2) is 11.5 Å². The predicted octanol–water partition coefficient (Wildman–Crippen LogP) is 0.199. The molecule has 20 heavy (non-hydrogen) atoms. The quantitative estimate of drug-likeness (QED) is 0.421. The Morgan fingerprint density at radius 3 is 2.50 bits per heavy atom. The van der Waals surface area contributed by atoms with Crippen LogP contribution in [0, 0.1) is 0 Å². The van der Waals surface area contributed by atoms with Crippen LogP contribution in [0.2, 0.25) is 0 Å². The van der Waals surface area contributed by atoms with Gasteiger partial charge in [-0.25, -0.2) is 13.1 Å². The summed E-state index contributed by atoms with van der Waals surface area (Å²) in [6.07, 6.45) is 0.979. The van der Waals surface area contributed by atoms with Crippen LogP contribution in [0.1, 0.15) is 5.56 Å². The Bertz CT molecular complexity index is 610. The molecule has 1 unspecified atom stereocenters. The Kier molecular flexibility index (Phi) is 5.12. The number of carbonyl (C=O) groups is 1. The molecule has 0 spiro atoms. The number of hydrogen-bond donors (Lipinski definition) is 4. The van der Waals surface area contributed by atoms with Crippen LogP contribution in [-0.2, 0) is 21.2 Å². The molecular formula is C12H15NO6S. The molecule has 1 aromatic rings. The zero-order valence-corrected chi connectivity index (χ0v) is 11.3. The molecule has 0 aliphatic carbocycles. The van der Waals surface area contributed by atoms with Crippen molar-refractivity contribution in [2.45, 2.75) is 12.5 Å². The molecule has 0 aliphatic rings. The first kappa shape index (κ1) is 16.0. The normalized spacial score (nSPS) is 12.8. The lowest BCUT2D eigenvalue weighted by molar-refractivity contribution is -0.138. The summed E-state index contributed by atoms with van der Waals surface area (Å²) in [4.78, 5) is 11.1. The Morgan fingerprint density at radius 2 is 2.00 bits per heavy atom. The van der Waals surface area contributed by atoms with Crippen molar-refractivity contribution in [1.29, 1.82) is 0 Å². The predicted molar refractivity (Wildman–Crippen MR) is 72.0 cm³/mol. The van der Waals surface area contributed by atoms with Crippen molar-refractivity contribution in [2.75, 3.05) is 5.75 Å². The van der Waals surface area contributed by atoms with Crippen molar-refractivity contribution in [3.63, 3.8) is 0 Å². The highest BCUT2D eigenvalue weighted by Gasteiger charge is 2.23. The minimum Gasteiger partial charge on any atom is -0.504 e. The average molecular weight is 301 g/mol. The van der Waals surface area contributed by atoms with E-state index in [1.165, 1.54) is 18.2 Å². The fraction of sp³-hybridized carbons (Fsp3) is 0.250. The molecule has 0 saturated carbocycles. The zero-order valence-electron chi connectivity index (χ0n) is 10.5. The van der Waals surface area contributed by atoms with Crippen molar-refractivity contribution in [2.24, 2.45) is 0 Å². The van der Waals surface area contributed by atoms with E-state index in [9.17, 15) is 18.3 Å². The van der Waals surface area contributed by atoms with E-state index in [0.29, 0.717) is 5.56 Å². The number of sulfonamides is 1. The van der Waals surface area contributed by atoms with Crippen LogP contribution in [0.15, 0.2) is 30.9 Å². The summed E-state index contributed by atoms with van der Waals surface area (Å²) in [6, 6.07) is 2.39. The fourth-order valence-electron chi connectivity index (χ4n) is 1.53. The van der Waals surface area contributed by atoms with Gasteiger partial charge in [-0.1, -0.05) is 12.1 Å². The van der Waals surface area contributed by atoms with E-state index in [4.69, 9.17) is 10.2 Å². The monoisotopic (exact) mass is 301 g/mol. The number of hydrogen-bond acceptors (Lipinski definition) is 5. The average Bonchev–Trinajstić information content (AvgIpc) is 2.32. The van der Waals surface area contributed by atoms with E-state index in [1.807, 2.05) is 4.72 Å². The summed E-state index contributed by atoms with van der Waals surface area (Å²) >= 11 is 0. The van der Waals surface area contributed by atoms with Crippen molar-refractivity contribution < 1.29 is 28.5 Å². The number of phenols is 2. The summed E-state index contributed by atoms with van der Waals surface area (Å²) in [5.41, 5.74) is 0.369. The molecule has 0 heterocycles. The second-order valence-corrected chi connectivity index (χ2v) is 5.90. The third kappa shape index (κ3) is 4.56. The lowest BCUT2D eigenvalue weighted by Crippen LogP contribution is -2.43. The van der Waals surface area contributed by atoms with E-state index < -0.39 is 33.5 Å². The van der Waals surface area contributed by atoms with Gasteiger partial charge >= 0.3 is 5.97 Å². The second kappa shape index (κ2) is 6.40. The number of rotatable bonds is 7. The van der Waals surface area contributed by atoms with Gasteiger partial charge in [0.2, 0.25) is 10.0 Å². The van der Waals surface area contributed by atoms with Gasteiger partial charge in [0, 0.05) is 0 Å². The first-order valence-electron chi connectivity index (χ1n) is 5.59. The molecule has 0 bridgehead atoms. The minimum atomic E-state index is -3.78. The van der Waals surface area contributed by atoms with E-state index >= 15 is 0 Å². The lowest BCUT2D eigenvalue weighted by Gasteiger charge is -2.14. The Labute approximate surface area is 116 Å². The van der Waals surface area contributed by atoms with Gasteiger partial charge < -0.3 is 15.3 Å². The van der Waals surface area contributed by atoms with Crippen molar-refractivity contribution in [1.82, 2.24) is 4.72 Å². The third-order valence-corrected chi connectivity index (χ3v) is 3.76. The number of carboxylic acids is 1. The van der Waals surface area contributed by atoms with Gasteiger partial charge in [-0.3, -0.25) is 4.79 Å². The van der Waals surface area contributed by atoms with E-state index in [1.54, 1.807) is 0 Å². The van der Waals surface area contributed by atoms with Crippen LogP contribution in [0.3, 0.4) is 0 Å². The van der Waals surface area contributed by atoms with Crippen LogP contribution in [0.25, 0.3) is 0 Å². The summed E-state index contributed by atoms with van der Waals surface area (Å²) < 4.78 is 25.1. The number of nitrogens with one attached hydrogen (secondary N) is 1. The zero-order chi connectivity index (χ0) is 15.3. The maximum Gasteiger partial charge on any atom is 0.322 e. The molecule has 0 radical (unpaired) electrons. The molecular weight excluding hydrogens is 286 g/mol. The molecule has 1 rings (SSSR count). The highest BCUT2D eigenvalue weighted by Crippen LogP contribution is 2.25. The van der Waals surface area contributed by atoms with Gasteiger partial charge in [-0.2, -0.15) is 0 Å². The molecule has 110 valence electrons. The van der Waals surface area contributed by atoms with Gasteiger partial charge in [-0.15, -0.1) is 6.58 Å². The number of benzene rings is 1. The maximum atomic E-state index is 11.5. The standard InChI is InChI=1S/C12H15NO6S/c1-2-5-20(18,19)13-9(12(16)17)6-8-3-4-10(14)11(15)7-8/h2-4,7,9,13-15H,1,5-6H2,(H,16,17). The van der Waals surface area contributed by atoms with Crippen LogP contribution in [0.5, 0.6) is 11.5 Å². The van der Waals surface area contributed by atoms with Gasteiger partial charge in [-0.05, 0) is 24.1 Å². The number of carboxylic acid groups (broad SMARTS) is 1. The lowest BCUT2D eigenvalue weighted by atomic mass is 10.1. The van der Waals surface area contributed by atoms with Crippen molar-refractivity contribution >= 4 is 16.0 Å². The van der Waals surface area contributed by atoms with Gasteiger partial charge in [0.25, 0.3) is 0 Å². The molecule has 7 nitrogen and oxygen atoms in total. The highest BCUT2D eigenvalue weighted by atomic mass is 32.2. The van der Waals surface area contributed by atoms with Crippen LogP contribution >= 0.6 is 0 Å². The topological polar surface area (TPSA) is 124 Å². The second-order valence-electron chi connectivity index (χ2n) is 4.11. The molecule has 4 N–H and O–H groups in total. The first-order valence-corrected chi connectivity index (χ1v) is 7.25. The first-order chi connectivity index (χ1) is 9.25. The van der Waals surface area contributed by atoms with Gasteiger partial charge in [0.05, 0.1) is 5.75 Å². The fourth-order valence-corrected chi connectivity index (χ4v) is 2.56. The van der Waals surface area contributed by atoms with Crippen molar-refractivity contribution in [3.8, 4) is 11.5 Å². The molecule has 0 amide bonds. The summed E-state index contributed by atoms with van der Waals surface area (Å²) in [5, 5.41) is 27.5. The molecule has 1 atom stereocenters. The van der Waals surface area contributed by atoms with E-state index in [-0.39, 0.29) is 12.2 Å². The summed E-state index contributed by atoms with van der Waals surface area (Å²) in [7, 11) is -3.78. The van der Waals surface area contributed by atoms with E-state index in [2.05, 4.69) is 6.58 Å². The summed E-state index contributed by atoms with van der Waals surface area (Å²) in [5.74, 6) is -2.48. The molecule has 0 fully saturated rings. The van der Waals surface area contributed by atoms with Gasteiger partial charge in [0.1, 0.15) is 6.04 Å². The number of aromatic hydroxyl groups is 2. The van der Waals surface area contributed by atoms with Crippen molar-refractivity contribution in [3.05, 3.63) is 36.4 Å². The van der Waals surface area contributed by atoms with Crippen LogP contribution in [-0.4, -0.2) is 41.5 Å². The molecule has 1 aromatic carbocycles. The molecule has 0 aromatic heterocycles. The Hall–Kier alpha value is -2.06. The highest BCUT2D eigenvalue weighted by molar-refractivity contribution is 7.89. The smallest absolute Gasteiger partial charge is 0.322 e. The SMILES string of the molecule is C=CCS(=O)(=O)NC(Cc1ccc(O)c(O)c1)C(=O)O. The molecule has 8 heteroatoms. The summed E-state index contributed by atoms with van der Waals surface area (Å²) in [6.45, 7) is 3.28. The largest absolute Gasteiger partial charge is 0.504 e. The minimum absolute atomic E-state index is 0.167. The molecule has 0 saturated heterocycles. The van der Waals surface area contributed by atoms with E-state index in [0.717, 1.165) is 6.08 Å². The third-order valence-electron chi connectivity index (χ3n) is 2.44. The van der Waals surface area contributed by atoms with Crippen LogP contribution < -0.4 is 4.72 Å². The maximum absolute atomic E-state index is 11.5. The number of phenolic OH excluding ortho intramolecular Hbond substituents is 2.